The molecule has 4 aromatic rings. The summed E-state index contributed by atoms with van der Waals surface area (Å²) in [5.74, 6) is -0.224. The molecule has 0 aliphatic heterocycles. The number of nitrogens with one attached hydrogen (secondary N) is 1. The van der Waals surface area contributed by atoms with Crippen LogP contribution in [0, 0.1) is 0 Å². The molecule has 0 bridgehead atoms. The van der Waals surface area contributed by atoms with Crippen LogP contribution >= 0.6 is 23.4 Å². The number of benzene rings is 2. The van der Waals surface area contributed by atoms with E-state index in [1.807, 2.05) is 12.1 Å². The Morgan fingerprint density at radius 1 is 1.18 bits per heavy atom. The van der Waals surface area contributed by atoms with E-state index in [-0.39, 0.29) is 36.2 Å². The van der Waals surface area contributed by atoms with Crippen LogP contribution in [0.3, 0.4) is 0 Å². The standard InChI is InChI=1S/C23H21ClN6O3S/c1-3-12-29-21(33)15-8-4-7-11-18(15)30-22(29)26-27-23(30)34-14-20(32)28(2)13-19(31)25-17-10-6-5-9-16(17)24/h3-11H,1,12-14H2,2H3,(H,25,31). The van der Waals surface area contributed by atoms with Gasteiger partial charge in [0.25, 0.3) is 5.56 Å². The number of anilines is 1. The molecule has 2 aromatic carbocycles. The van der Waals surface area contributed by atoms with Gasteiger partial charge in [0.05, 0.1) is 33.9 Å². The number of rotatable bonds is 8. The van der Waals surface area contributed by atoms with Gasteiger partial charge in [-0.3, -0.25) is 23.4 Å². The van der Waals surface area contributed by atoms with Crippen molar-refractivity contribution < 1.29 is 9.59 Å². The quantitative estimate of drug-likeness (QED) is 0.297. The molecule has 2 amide bonds. The van der Waals surface area contributed by atoms with Crippen molar-refractivity contribution >= 4 is 57.5 Å². The van der Waals surface area contributed by atoms with Gasteiger partial charge in [-0.15, -0.1) is 16.8 Å². The van der Waals surface area contributed by atoms with Crippen molar-refractivity contribution in [2.45, 2.75) is 11.7 Å². The second kappa shape index (κ2) is 10.1. The van der Waals surface area contributed by atoms with Crippen molar-refractivity contribution in [1.29, 1.82) is 0 Å². The Bertz CT molecular complexity index is 1460. The van der Waals surface area contributed by atoms with Crippen LogP contribution in [0.1, 0.15) is 0 Å². The van der Waals surface area contributed by atoms with Gasteiger partial charge in [-0.1, -0.05) is 53.7 Å². The number of thioether (sulfide) groups is 1. The maximum absolute atomic E-state index is 12.9. The summed E-state index contributed by atoms with van der Waals surface area (Å²) in [5.41, 5.74) is 0.944. The van der Waals surface area contributed by atoms with Crippen LogP contribution < -0.4 is 10.9 Å². The van der Waals surface area contributed by atoms with Gasteiger partial charge in [-0.25, -0.2) is 0 Å². The Morgan fingerprint density at radius 3 is 2.68 bits per heavy atom. The number of nitrogens with zero attached hydrogens (tertiary/aromatic N) is 5. The van der Waals surface area contributed by atoms with E-state index in [0.29, 0.717) is 32.5 Å². The zero-order chi connectivity index (χ0) is 24.2. The smallest absolute Gasteiger partial charge is 0.263 e. The van der Waals surface area contributed by atoms with Crippen LogP contribution in [0.4, 0.5) is 5.69 Å². The van der Waals surface area contributed by atoms with Gasteiger partial charge in [0.1, 0.15) is 0 Å². The fraction of sp³-hybridized carbons (Fsp3) is 0.174. The number of fused-ring (bicyclic) bond motifs is 3. The highest BCUT2D eigenvalue weighted by atomic mass is 35.5. The Kier molecular flexibility index (Phi) is 6.99. The van der Waals surface area contributed by atoms with Crippen molar-refractivity contribution in [3.05, 3.63) is 76.6 Å². The molecule has 0 saturated heterocycles. The Balaban J connectivity index is 1.50. The van der Waals surface area contributed by atoms with E-state index in [9.17, 15) is 14.4 Å². The summed E-state index contributed by atoms with van der Waals surface area (Å²) in [6, 6.07) is 14.0. The molecule has 1 N–H and O–H groups in total. The van der Waals surface area contributed by atoms with Gasteiger partial charge >= 0.3 is 0 Å². The molecule has 2 aromatic heterocycles. The summed E-state index contributed by atoms with van der Waals surface area (Å²) in [7, 11) is 1.55. The highest BCUT2D eigenvalue weighted by Gasteiger charge is 2.19. The minimum absolute atomic E-state index is 0.0333. The molecule has 0 unspecified atom stereocenters. The number of carbonyl (C=O) groups is 2. The molecule has 2 heterocycles. The van der Waals surface area contributed by atoms with E-state index < -0.39 is 0 Å². The summed E-state index contributed by atoms with van der Waals surface area (Å²) in [4.78, 5) is 39.2. The summed E-state index contributed by atoms with van der Waals surface area (Å²) < 4.78 is 3.24. The fourth-order valence-corrected chi connectivity index (χ4v) is 4.48. The lowest BCUT2D eigenvalue weighted by Crippen LogP contribution is -2.36. The van der Waals surface area contributed by atoms with Crippen molar-refractivity contribution in [2.24, 2.45) is 0 Å². The van der Waals surface area contributed by atoms with Crippen molar-refractivity contribution in [3.8, 4) is 0 Å². The molecular formula is C23H21ClN6O3S. The summed E-state index contributed by atoms with van der Waals surface area (Å²) in [6.45, 7) is 3.86. The molecule has 11 heteroatoms. The van der Waals surface area contributed by atoms with Gasteiger partial charge in [0.2, 0.25) is 17.6 Å². The van der Waals surface area contributed by atoms with Gasteiger partial charge in [-0.2, -0.15) is 0 Å². The zero-order valence-corrected chi connectivity index (χ0v) is 19.8. The number of halogens is 1. The average Bonchev–Trinajstić information content (AvgIpc) is 3.25. The first-order chi connectivity index (χ1) is 16.4. The van der Waals surface area contributed by atoms with Gasteiger partial charge in [0, 0.05) is 13.6 Å². The zero-order valence-electron chi connectivity index (χ0n) is 18.3. The van der Waals surface area contributed by atoms with E-state index >= 15 is 0 Å². The molecule has 4 rings (SSSR count). The molecule has 9 nitrogen and oxygen atoms in total. The lowest BCUT2D eigenvalue weighted by molar-refractivity contribution is -0.131. The van der Waals surface area contributed by atoms with Crippen LogP contribution in [-0.2, 0) is 16.1 Å². The van der Waals surface area contributed by atoms with Gasteiger partial charge in [-0.05, 0) is 24.3 Å². The second-order valence-corrected chi connectivity index (χ2v) is 8.76. The van der Waals surface area contributed by atoms with Crippen LogP contribution in [-0.4, -0.2) is 55.2 Å². The van der Waals surface area contributed by atoms with Crippen molar-refractivity contribution in [1.82, 2.24) is 24.1 Å². The maximum atomic E-state index is 12.9. The van der Waals surface area contributed by atoms with E-state index in [0.717, 1.165) is 0 Å². The predicted octanol–water partition coefficient (Wildman–Crippen LogP) is 3.07. The number of likely N-dealkylation sites (N-methyl/N-ethyl adjacent to an activating group) is 1. The predicted molar refractivity (Wildman–Crippen MR) is 133 cm³/mol. The molecule has 0 spiro atoms. The first-order valence-corrected chi connectivity index (χ1v) is 11.7. The monoisotopic (exact) mass is 496 g/mol. The Labute approximate surface area is 204 Å². The minimum atomic E-state index is -0.360. The third-order valence-corrected chi connectivity index (χ3v) is 6.31. The first kappa shape index (κ1) is 23.5. The summed E-state index contributed by atoms with van der Waals surface area (Å²) >= 11 is 7.24. The fourth-order valence-electron chi connectivity index (χ4n) is 3.41. The molecule has 0 radical (unpaired) electrons. The maximum Gasteiger partial charge on any atom is 0.263 e. The summed E-state index contributed by atoms with van der Waals surface area (Å²) in [5, 5.41) is 12.5. The third-order valence-electron chi connectivity index (χ3n) is 5.07. The molecule has 34 heavy (non-hydrogen) atoms. The number of hydrogen-bond donors (Lipinski definition) is 1. The first-order valence-electron chi connectivity index (χ1n) is 10.3. The molecule has 0 saturated carbocycles. The number of para-hydroxylation sites is 2. The van der Waals surface area contributed by atoms with Crippen molar-refractivity contribution in [3.63, 3.8) is 0 Å². The van der Waals surface area contributed by atoms with E-state index in [1.165, 1.54) is 21.2 Å². The van der Waals surface area contributed by atoms with Gasteiger partial charge in [0.15, 0.2) is 5.16 Å². The van der Waals surface area contributed by atoms with Crippen LogP contribution in [0.5, 0.6) is 0 Å². The van der Waals surface area contributed by atoms with Gasteiger partial charge < -0.3 is 10.2 Å². The average molecular weight is 497 g/mol. The second-order valence-electron chi connectivity index (χ2n) is 7.41. The molecule has 0 aliphatic carbocycles. The lowest BCUT2D eigenvalue weighted by Gasteiger charge is -2.17. The molecule has 0 aliphatic rings. The largest absolute Gasteiger partial charge is 0.336 e. The van der Waals surface area contributed by atoms with Crippen LogP contribution in [0.25, 0.3) is 16.7 Å². The topological polar surface area (TPSA) is 102 Å². The SMILES string of the molecule is C=CCn1c(=O)c2ccccc2n2c(SCC(=O)N(C)CC(=O)Nc3ccccc3Cl)nnc12. The van der Waals surface area contributed by atoms with Crippen LogP contribution in [0.15, 0.2) is 71.1 Å². The summed E-state index contributed by atoms with van der Waals surface area (Å²) in [6.07, 6.45) is 1.61. The van der Waals surface area contributed by atoms with Crippen LogP contribution in [0.2, 0.25) is 5.02 Å². The van der Waals surface area contributed by atoms with E-state index in [2.05, 4.69) is 22.1 Å². The number of carbonyl (C=O) groups excluding carboxylic acids is 2. The molecule has 0 atom stereocenters. The normalized spacial score (nSPS) is 11.0. The van der Waals surface area contributed by atoms with E-state index in [4.69, 9.17) is 11.6 Å². The lowest BCUT2D eigenvalue weighted by atomic mass is 10.2. The third kappa shape index (κ3) is 4.68. The number of amides is 2. The Hall–Kier alpha value is -3.63. The molecule has 0 fully saturated rings. The molecular weight excluding hydrogens is 476 g/mol. The Morgan fingerprint density at radius 2 is 1.91 bits per heavy atom. The highest BCUT2D eigenvalue weighted by molar-refractivity contribution is 7.99. The number of hydrogen-bond acceptors (Lipinski definition) is 6. The van der Waals surface area contributed by atoms with E-state index in [1.54, 1.807) is 53.9 Å². The highest BCUT2D eigenvalue weighted by Crippen LogP contribution is 2.22. The number of aromatic nitrogens is 4. The van der Waals surface area contributed by atoms with Crippen molar-refractivity contribution in [2.75, 3.05) is 24.7 Å². The molecule has 174 valence electrons. The minimum Gasteiger partial charge on any atom is -0.336 e. The number of allylic oxidation sites excluding steroid dienone is 1.